The summed E-state index contributed by atoms with van der Waals surface area (Å²) in [5.41, 5.74) is 2.25. The molecule has 2 aromatic heterocycles. The molecule has 8 heteroatoms. The van der Waals surface area contributed by atoms with E-state index >= 15 is 0 Å². The quantitative estimate of drug-likeness (QED) is 0.725. The number of rotatable bonds is 6. The summed E-state index contributed by atoms with van der Waals surface area (Å²) in [5, 5.41) is 13.1. The zero-order valence-electron chi connectivity index (χ0n) is 13.8. The second kappa shape index (κ2) is 7.30. The molecule has 3 aromatic rings. The predicted octanol–water partition coefficient (Wildman–Crippen LogP) is 3.79. The van der Waals surface area contributed by atoms with Crippen molar-refractivity contribution in [3.8, 4) is 11.6 Å². The number of alkyl halides is 2. The zero-order valence-corrected chi connectivity index (χ0v) is 13.8. The molecule has 0 saturated heterocycles. The number of hydrogen-bond donors (Lipinski definition) is 1. The Bertz CT molecular complexity index is 906. The van der Waals surface area contributed by atoms with E-state index in [-0.39, 0.29) is 23.6 Å². The van der Waals surface area contributed by atoms with Crippen molar-refractivity contribution in [3.63, 3.8) is 0 Å². The molecule has 134 valence electrons. The number of ether oxygens (including phenoxy) is 1. The Labute approximate surface area is 147 Å². The Morgan fingerprint density at radius 2 is 1.92 bits per heavy atom. The summed E-state index contributed by atoms with van der Waals surface area (Å²) in [6, 6.07) is 8.71. The van der Waals surface area contributed by atoms with Gasteiger partial charge in [-0.15, -0.1) is 0 Å². The van der Waals surface area contributed by atoms with Crippen molar-refractivity contribution in [2.75, 3.05) is 0 Å². The highest BCUT2D eigenvalue weighted by Gasteiger charge is 2.13. The summed E-state index contributed by atoms with van der Waals surface area (Å²) in [7, 11) is 0. The average Bonchev–Trinajstić information content (AvgIpc) is 3.01. The van der Waals surface area contributed by atoms with E-state index in [0.717, 1.165) is 11.3 Å². The minimum atomic E-state index is -2.52. The number of pyridine rings is 1. The standard InChI is InChI=1S/C18H15F2N3O3/c1-11-8-22-23(14-5-2-12(3-6-14)17(19)20)15(11)10-26-16-7-4-13(9-21-16)18(24)25/h2-9,17H,10H2,1H3,(H,24,25). The molecule has 2 heterocycles. The fourth-order valence-corrected chi connectivity index (χ4v) is 2.35. The van der Waals surface area contributed by atoms with E-state index in [0.29, 0.717) is 5.69 Å². The summed E-state index contributed by atoms with van der Waals surface area (Å²) in [4.78, 5) is 14.8. The van der Waals surface area contributed by atoms with Gasteiger partial charge >= 0.3 is 5.97 Å². The van der Waals surface area contributed by atoms with Crippen LogP contribution >= 0.6 is 0 Å². The maximum atomic E-state index is 12.7. The third-order valence-electron chi connectivity index (χ3n) is 3.81. The Hall–Kier alpha value is -3.29. The highest BCUT2D eigenvalue weighted by Crippen LogP contribution is 2.22. The van der Waals surface area contributed by atoms with Gasteiger partial charge in [-0.05, 0) is 30.7 Å². The molecule has 0 amide bonds. The molecule has 26 heavy (non-hydrogen) atoms. The summed E-state index contributed by atoms with van der Waals surface area (Å²) >= 11 is 0. The molecule has 0 aliphatic carbocycles. The molecule has 0 bridgehead atoms. The minimum absolute atomic E-state index is 0.0573. The minimum Gasteiger partial charge on any atom is -0.478 e. The summed E-state index contributed by atoms with van der Waals surface area (Å²) in [6.07, 6.45) is 0.344. The number of aromatic nitrogens is 3. The van der Waals surface area contributed by atoms with Crippen LogP contribution in [0.15, 0.2) is 48.8 Å². The second-order valence-electron chi connectivity index (χ2n) is 5.56. The van der Waals surface area contributed by atoms with Gasteiger partial charge in [-0.25, -0.2) is 23.2 Å². The van der Waals surface area contributed by atoms with Crippen LogP contribution in [0.4, 0.5) is 8.78 Å². The fourth-order valence-electron chi connectivity index (χ4n) is 2.35. The number of nitrogens with zero attached hydrogens (tertiary/aromatic N) is 3. The van der Waals surface area contributed by atoms with Gasteiger partial charge in [0, 0.05) is 17.8 Å². The zero-order chi connectivity index (χ0) is 18.7. The number of aromatic carboxylic acids is 1. The first-order valence-corrected chi connectivity index (χ1v) is 7.70. The lowest BCUT2D eigenvalue weighted by Gasteiger charge is -2.11. The molecule has 0 saturated carbocycles. The van der Waals surface area contributed by atoms with Gasteiger partial charge in [0.2, 0.25) is 5.88 Å². The van der Waals surface area contributed by atoms with Crippen molar-refractivity contribution < 1.29 is 23.4 Å². The van der Waals surface area contributed by atoms with Crippen molar-refractivity contribution in [1.82, 2.24) is 14.8 Å². The molecule has 1 N–H and O–H groups in total. The average molecular weight is 359 g/mol. The van der Waals surface area contributed by atoms with Crippen LogP contribution in [0, 0.1) is 6.92 Å². The molecule has 6 nitrogen and oxygen atoms in total. The van der Waals surface area contributed by atoms with Crippen molar-refractivity contribution in [2.45, 2.75) is 20.0 Å². The number of hydrogen-bond acceptors (Lipinski definition) is 4. The van der Waals surface area contributed by atoms with E-state index in [9.17, 15) is 13.6 Å². The largest absolute Gasteiger partial charge is 0.478 e. The molecule has 3 rings (SSSR count). The van der Waals surface area contributed by atoms with Crippen LogP contribution in [0.5, 0.6) is 5.88 Å². The van der Waals surface area contributed by atoms with E-state index in [2.05, 4.69) is 10.1 Å². The fraction of sp³-hybridized carbons (Fsp3) is 0.167. The Morgan fingerprint density at radius 1 is 1.19 bits per heavy atom. The molecule has 0 spiro atoms. The number of benzene rings is 1. The Morgan fingerprint density at radius 3 is 2.50 bits per heavy atom. The molecular formula is C18H15F2N3O3. The molecule has 0 radical (unpaired) electrons. The number of halogens is 2. The monoisotopic (exact) mass is 359 g/mol. The van der Waals surface area contributed by atoms with Crippen molar-refractivity contribution in [2.24, 2.45) is 0 Å². The highest BCUT2D eigenvalue weighted by atomic mass is 19.3. The maximum Gasteiger partial charge on any atom is 0.337 e. The van der Waals surface area contributed by atoms with Crippen molar-refractivity contribution in [1.29, 1.82) is 0 Å². The van der Waals surface area contributed by atoms with Crippen LogP contribution in [0.25, 0.3) is 5.69 Å². The summed E-state index contributed by atoms with van der Waals surface area (Å²) in [5.74, 6) is -0.791. The van der Waals surface area contributed by atoms with Gasteiger partial charge in [-0.1, -0.05) is 12.1 Å². The third-order valence-corrected chi connectivity index (χ3v) is 3.81. The van der Waals surface area contributed by atoms with Gasteiger partial charge in [-0.3, -0.25) is 0 Å². The first kappa shape index (κ1) is 17.5. The first-order valence-electron chi connectivity index (χ1n) is 7.70. The number of carboxylic acids is 1. The van der Waals surface area contributed by atoms with Crippen LogP contribution in [0.2, 0.25) is 0 Å². The van der Waals surface area contributed by atoms with E-state index < -0.39 is 12.4 Å². The highest BCUT2D eigenvalue weighted by molar-refractivity contribution is 5.87. The van der Waals surface area contributed by atoms with E-state index in [1.165, 1.54) is 30.5 Å². The molecule has 0 aliphatic heterocycles. The molecule has 1 aromatic carbocycles. The van der Waals surface area contributed by atoms with Gasteiger partial charge in [0.15, 0.2) is 0 Å². The van der Waals surface area contributed by atoms with Crippen LogP contribution in [0.3, 0.4) is 0 Å². The SMILES string of the molecule is Cc1cnn(-c2ccc(C(F)F)cc2)c1COc1ccc(C(=O)O)cn1. The lowest BCUT2D eigenvalue weighted by atomic mass is 10.2. The third kappa shape index (κ3) is 3.69. The summed E-state index contributed by atoms with van der Waals surface area (Å²) in [6.45, 7) is 2.00. The molecule has 0 atom stereocenters. The van der Waals surface area contributed by atoms with Crippen molar-refractivity contribution >= 4 is 5.97 Å². The molecule has 0 unspecified atom stereocenters. The number of aryl methyl sites for hydroxylation is 1. The van der Waals surface area contributed by atoms with Crippen LogP contribution in [-0.4, -0.2) is 25.8 Å². The molecular weight excluding hydrogens is 344 g/mol. The van der Waals surface area contributed by atoms with E-state index in [1.54, 1.807) is 23.0 Å². The Balaban J connectivity index is 1.78. The first-order chi connectivity index (χ1) is 12.5. The van der Waals surface area contributed by atoms with E-state index in [4.69, 9.17) is 9.84 Å². The normalized spacial score (nSPS) is 10.9. The second-order valence-corrected chi connectivity index (χ2v) is 5.56. The van der Waals surface area contributed by atoms with Gasteiger partial charge in [0.25, 0.3) is 6.43 Å². The van der Waals surface area contributed by atoms with Gasteiger partial charge in [0.1, 0.15) is 6.61 Å². The van der Waals surface area contributed by atoms with E-state index in [1.807, 2.05) is 6.92 Å². The van der Waals surface area contributed by atoms with Gasteiger partial charge in [0.05, 0.1) is 23.1 Å². The predicted molar refractivity (Wildman–Crippen MR) is 88.8 cm³/mol. The maximum absolute atomic E-state index is 12.7. The van der Waals surface area contributed by atoms with Gasteiger partial charge < -0.3 is 9.84 Å². The lowest BCUT2D eigenvalue weighted by Crippen LogP contribution is -2.08. The molecule has 0 aliphatic rings. The van der Waals surface area contributed by atoms with Crippen molar-refractivity contribution in [3.05, 3.63) is 71.2 Å². The molecule has 0 fully saturated rings. The number of carboxylic acid groups (broad SMARTS) is 1. The van der Waals surface area contributed by atoms with Crippen LogP contribution in [0.1, 0.15) is 33.6 Å². The van der Waals surface area contributed by atoms with Gasteiger partial charge in [-0.2, -0.15) is 5.10 Å². The topological polar surface area (TPSA) is 77.2 Å². The van der Waals surface area contributed by atoms with Crippen LogP contribution < -0.4 is 4.74 Å². The summed E-state index contributed by atoms with van der Waals surface area (Å²) < 4.78 is 32.6. The number of carbonyl (C=O) groups is 1. The lowest BCUT2D eigenvalue weighted by molar-refractivity contribution is 0.0696. The smallest absolute Gasteiger partial charge is 0.337 e. The van der Waals surface area contributed by atoms with Crippen LogP contribution in [-0.2, 0) is 6.61 Å². The Kier molecular flexibility index (Phi) is 4.92.